The Balaban J connectivity index is 1.93. The molecule has 0 bridgehead atoms. The van der Waals surface area contributed by atoms with Crippen LogP contribution in [0.25, 0.3) is 0 Å². The predicted molar refractivity (Wildman–Crippen MR) is 68.6 cm³/mol. The van der Waals surface area contributed by atoms with E-state index in [2.05, 4.69) is 21.2 Å². The van der Waals surface area contributed by atoms with Gasteiger partial charge in [0.1, 0.15) is 0 Å². The first-order chi connectivity index (χ1) is 8.16. The fourth-order valence-corrected chi connectivity index (χ4v) is 2.45. The van der Waals surface area contributed by atoms with Gasteiger partial charge in [0.25, 0.3) is 0 Å². The topological polar surface area (TPSA) is 46.2 Å². The molecule has 4 heteroatoms. The molecule has 1 fully saturated rings. The highest BCUT2D eigenvalue weighted by Gasteiger charge is 2.25. The van der Waals surface area contributed by atoms with Gasteiger partial charge in [-0.3, -0.25) is 9.59 Å². The molecule has 1 aliphatic rings. The van der Waals surface area contributed by atoms with Crippen molar-refractivity contribution in [1.82, 2.24) is 5.32 Å². The van der Waals surface area contributed by atoms with E-state index in [0.29, 0.717) is 12.8 Å². The van der Waals surface area contributed by atoms with Gasteiger partial charge in [-0.25, -0.2) is 0 Å². The van der Waals surface area contributed by atoms with Crippen LogP contribution in [0.15, 0.2) is 28.7 Å². The number of benzene rings is 1. The molecule has 0 aromatic heterocycles. The van der Waals surface area contributed by atoms with Crippen molar-refractivity contribution in [2.24, 2.45) is 0 Å². The zero-order valence-corrected chi connectivity index (χ0v) is 11.0. The third-order valence-corrected chi connectivity index (χ3v) is 3.72. The van der Waals surface area contributed by atoms with Crippen LogP contribution in [0, 0.1) is 0 Å². The van der Waals surface area contributed by atoms with E-state index in [4.69, 9.17) is 0 Å². The lowest BCUT2D eigenvalue weighted by Gasteiger charge is -2.11. The molecule has 1 saturated carbocycles. The van der Waals surface area contributed by atoms with Gasteiger partial charge in [0, 0.05) is 10.9 Å². The lowest BCUT2D eigenvalue weighted by Crippen LogP contribution is -2.38. The summed E-state index contributed by atoms with van der Waals surface area (Å²) in [7, 11) is 0. The molecule has 0 spiro atoms. The summed E-state index contributed by atoms with van der Waals surface area (Å²) >= 11 is 3.40. The van der Waals surface area contributed by atoms with E-state index < -0.39 is 0 Å². The number of rotatable bonds is 3. The minimum absolute atomic E-state index is 0.0860. The third-order valence-electron chi connectivity index (χ3n) is 2.95. The normalized spacial score (nSPS) is 19.4. The maximum atomic E-state index is 11.8. The molecule has 1 atom stereocenters. The summed E-state index contributed by atoms with van der Waals surface area (Å²) in [5.41, 5.74) is 0.940. The highest BCUT2D eigenvalue weighted by Crippen LogP contribution is 2.17. The van der Waals surface area contributed by atoms with Crippen LogP contribution in [0.3, 0.4) is 0 Å². The van der Waals surface area contributed by atoms with Crippen molar-refractivity contribution in [2.75, 3.05) is 0 Å². The van der Waals surface area contributed by atoms with Crippen LogP contribution in [0.4, 0.5) is 0 Å². The van der Waals surface area contributed by atoms with E-state index in [1.54, 1.807) is 0 Å². The molecule has 1 aliphatic carbocycles. The molecule has 1 unspecified atom stereocenters. The van der Waals surface area contributed by atoms with E-state index in [9.17, 15) is 9.59 Å². The maximum Gasteiger partial charge on any atom is 0.225 e. The number of ketones is 1. The second-order valence-corrected chi connectivity index (χ2v) is 5.10. The Hall–Kier alpha value is -1.16. The van der Waals surface area contributed by atoms with E-state index in [-0.39, 0.29) is 17.7 Å². The van der Waals surface area contributed by atoms with Gasteiger partial charge in [-0.1, -0.05) is 34.1 Å². The largest absolute Gasteiger partial charge is 0.346 e. The summed E-state index contributed by atoms with van der Waals surface area (Å²) < 4.78 is 0.924. The fraction of sp³-hybridized carbons (Fsp3) is 0.385. The molecule has 1 amide bonds. The monoisotopic (exact) mass is 295 g/mol. The summed E-state index contributed by atoms with van der Waals surface area (Å²) in [4.78, 5) is 23.2. The number of hydrogen-bond acceptors (Lipinski definition) is 2. The van der Waals surface area contributed by atoms with Gasteiger partial charge >= 0.3 is 0 Å². The van der Waals surface area contributed by atoms with Crippen molar-refractivity contribution in [3.05, 3.63) is 34.3 Å². The Morgan fingerprint density at radius 2 is 2.18 bits per heavy atom. The number of carbonyl (C=O) groups is 2. The number of carbonyl (C=O) groups excluding carboxylic acids is 2. The number of halogens is 1. The zero-order chi connectivity index (χ0) is 12.3. The maximum absolute atomic E-state index is 11.8. The molecule has 17 heavy (non-hydrogen) atoms. The zero-order valence-electron chi connectivity index (χ0n) is 9.41. The Kier molecular flexibility index (Phi) is 3.94. The summed E-state index contributed by atoms with van der Waals surface area (Å²) in [6.07, 6.45) is 2.57. The van der Waals surface area contributed by atoms with Crippen LogP contribution in [0.5, 0.6) is 0 Å². The molecular formula is C13H14BrNO2. The molecule has 0 saturated heterocycles. The van der Waals surface area contributed by atoms with Gasteiger partial charge in [-0.05, 0) is 24.5 Å². The van der Waals surface area contributed by atoms with Crippen molar-refractivity contribution in [3.8, 4) is 0 Å². The molecule has 1 aromatic rings. The first kappa shape index (κ1) is 12.3. The van der Waals surface area contributed by atoms with Crippen molar-refractivity contribution < 1.29 is 9.59 Å². The average Bonchev–Trinajstić information content (AvgIpc) is 2.68. The second-order valence-electron chi connectivity index (χ2n) is 4.25. The van der Waals surface area contributed by atoms with Gasteiger partial charge in [0.15, 0.2) is 5.78 Å². The Bertz CT molecular complexity index is 445. The Labute approximate surface area is 109 Å². The van der Waals surface area contributed by atoms with Gasteiger partial charge in [0.05, 0.1) is 12.5 Å². The standard InChI is InChI=1S/C13H14BrNO2/c14-10-5-2-1-4-9(10)8-13(17)15-11-6-3-7-12(11)16/h1-2,4-5,11H,3,6-8H2,(H,15,17). The average molecular weight is 296 g/mol. The van der Waals surface area contributed by atoms with E-state index in [0.717, 1.165) is 22.9 Å². The van der Waals surface area contributed by atoms with E-state index in [1.165, 1.54) is 0 Å². The number of Topliss-reactive ketones (excluding diaryl/α,β-unsaturated/α-hetero) is 1. The highest BCUT2D eigenvalue weighted by atomic mass is 79.9. The van der Waals surface area contributed by atoms with Crippen molar-refractivity contribution in [1.29, 1.82) is 0 Å². The highest BCUT2D eigenvalue weighted by molar-refractivity contribution is 9.10. The van der Waals surface area contributed by atoms with Gasteiger partial charge < -0.3 is 5.32 Å². The molecule has 0 radical (unpaired) electrons. The number of hydrogen-bond donors (Lipinski definition) is 1. The second kappa shape index (κ2) is 5.45. The molecule has 3 nitrogen and oxygen atoms in total. The quantitative estimate of drug-likeness (QED) is 0.929. The van der Waals surface area contributed by atoms with Crippen LogP contribution < -0.4 is 5.32 Å². The summed E-state index contributed by atoms with van der Waals surface area (Å²) in [6, 6.07) is 7.36. The first-order valence-electron chi connectivity index (χ1n) is 5.72. The van der Waals surface area contributed by atoms with Crippen LogP contribution >= 0.6 is 15.9 Å². The molecule has 1 N–H and O–H groups in total. The fourth-order valence-electron chi connectivity index (χ4n) is 2.03. The molecular weight excluding hydrogens is 282 g/mol. The molecule has 0 heterocycles. The lowest BCUT2D eigenvalue weighted by atomic mass is 10.1. The first-order valence-corrected chi connectivity index (χ1v) is 6.51. The molecule has 2 rings (SSSR count). The van der Waals surface area contributed by atoms with E-state index in [1.807, 2.05) is 24.3 Å². The SMILES string of the molecule is O=C(Cc1ccccc1Br)NC1CCCC1=O. The molecule has 0 aliphatic heterocycles. The van der Waals surface area contributed by atoms with Gasteiger partial charge in [-0.15, -0.1) is 0 Å². The van der Waals surface area contributed by atoms with Crippen LogP contribution in [0.1, 0.15) is 24.8 Å². The predicted octanol–water partition coefficient (Wildman–Crippen LogP) is 2.23. The van der Waals surface area contributed by atoms with Crippen LogP contribution in [-0.2, 0) is 16.0 Å². The van der Waals surface area contributed by atoms with E-state index >= 15 is 0 Å². The summed E-state index contributed by atoms with van der Waals surface area (Å²) in [5, 5.41) is 2.80. The summed E-state index contributed by atoms with van der Waals surface area (Å²) in [5.74, 6) is 0.0719. The van der Waals surface area contributed by atoms with Crippen molar-refractivity contribution >= 4 is 27.6 Å². The van der Waals surface area contributed by atoms with Gasteiger partial charge in [-0.2, -0.15) is 0 Å². The molecule has 1 aromatic carbocycles. The molecule has 90 valence electrons. The van der Waals surface area contributed by atoms with Crippen LogP contribution in [0.2, 0.25) is 0 Å². The minimum Gasteiger partial charge on any atom is -0.346 e. The number of nitrogens with one attached hydrogen (secondary N) is 1. The third kappa shape index (κ3) is 3.16. The van der Waals surface area contributed by atoms with Gasteiger partial charge in [0.2, 0.25) is 5.91 Å². The van der Waals surface area contributed by atoms with Crippen molar-refractivity contribution in [3.63, 3.8) is 0 Å². The number of amides is 1. The lowest BCUT2D eigenvalue weighted by molar-refractivity contribution is -0.126. The minimum atomic E-state index is -0.259. The Morgan fingerprint density at radius 3 is 2.82 bits per heavy atom. The smallest absolute Gasteiger partial charge is 0.225 e. The van der Waals surface area contributed by atoms with Crippen molar-refractivity contribution in [2.45, 2.75) is 31.7 Å². The summed E-state index contributed by atoms with van der Waals surface area (Å²) in [6.45, 7) is 0. The van der Waals surface area contributed by atoms with Crippen LogP contribution in [-0.4, -0.2) is 17.7 Å². The Morgan fingerprint density at radius 1 is 1.41 bits per heavy atom.